The molecule has 0 fully saturated rings. The van der Waals surface area contributed by atoms with Crippen molar-refractivity contribution >= 4 is 69.8 Å². The molecule has 31 heavy (non-hydrogen) atoms. The van der Waals surface area contributed by atoms with E-state index in [4.69, 9.17) is 9.29 Å². The van der Waals surface area contributed by atoms with Gasteiger partial charge in [-0.25, -0.2) is 4.18 Å². The van der Waals surface area contributed by atoms with Crippen molar-refractivity contribution in [3.8, 4) is 17.2 Å². The smallest absolute Gasteiger partial charge is 0.397 e. The van der Waals surface area contributed by atoms with E-state index in [0.29, 0.717) is 0 Å². The molecule has 0 radical (unpaired) electrons. The zero-order valence-electron chi connectivity index (χ0n) is 15.7. The monoisotopic (exact) mass is 642 g/mol. The third-order valence-corrected chi connectivity index (χ3v) is 7.51. The lowest BCUT2D eigenvalue weighted by Gasteiger charge is -2.24. The lowest BCUT2D eigenvalue weighted by atomic mass is 9.81. The number of fused-ring (bicyclic) bond motifs is 2. The summed E-state index contributed by atoms with van der Waals surface area (Å²) < 4.78 is 40.5. The molecule has 0 saturated carbocycles. The van der Waals surface area contributed by atoms with Crippen LogP contribution < -0.4 is 4.74 Å². The zero-order chi connectivity index (χ0) is 23.4. The SMILES string of the molecule is COc1c(Br)c(O)c(Br)c2c1C(=O)c1c(cc(C[C@H](C)OS(=O)(=O)O)c(Br)c1O)C2=O. The summed E-state index contributed by atoms with van der Waals surface area (Å²) in [5.41, 5.74) is -0.475. The maximum atomic E-state index is 13.3. The van der Waals surface area contributed by atoms with Gasteiger partial charge in [0, 0.05) is 12.0 Å². The van der Waals surface area contributed by atoms with Crippen molar-refractivity contribution in [2.24, 2.45) is 0 Å². The zero-order valence-corrected chi connectivity index (χ0v) is 21.3. The number of hydrogen-bond acceptors (Lipinski definition) is 8. The summed E-state index contributed by atoms with van der Waals surface area (Å²) in [5.74, 6) is -2.34. The Morgan fingerprint density at radius 2 is 1.58 bits per heavy atom. The number of rotatable bonds is 5. The maximum absolute atomic E-state index is 13.3. The summed E-state index contributed by atoms with van der Waals surface area (Å²) in [4.78, 5) is 26.5. The number of carbonyl (C=O) groups is 2. The fourth-order valence-corrected chi connectivity index (χ4v) is 5.70. The van der Waals surface area contributed by atoms with E-state index in [1.165, 1.54) is 20.1 Å². The molecule has 2 aromatic rings. The molecular formula is C18H13Br3O9S. The Balaban J connectivity index is 2.23. The summed E-state index contributed by atoms with van der Waals surface area (Å²) in [6, 6.07) is 1.31. The van der Waals surface area contributed by atoms with Crippen LogP contribution in [0.4, 0.5) is 0 Å². The third-order valence-electron chi connectivity index (χ3n) is 4.55. The van der Waals surface area contributed by atoms with Crippen LogP contribution in [-0.2, 0) is 21.0 Å². The van der Waals surface area contributed by atoms with Gasteiger partial charge in [0.2, 0.25) is 5.78 Å². The van der Waals surface area contributed by atoms with E-state index >= 15 is 0 Å². The fourth-order valence-electron chi connectivity index (χ4n) is 3.34. The highest BCUT2D eigenvalue weighted by molar-refractivity contribution is 9.11. The van der Waals surface area contributed by atoms with Gasteiger partial charge < -0.3 is 14.9 Å². The molecule has 3 N–H and O–H groups in total. The molecule has 1 aliphatic carbocycles. The van der Waals surface area contributed by atoms with Crippen LogP contribution >= 0.6 is 47.8 Å². The highest BCUT2D eigenvalue weighted by Crippen LogP contribution is 2.50. The normalized spacial score (nSPS) is 14.3. The minimum Gasteiger partial charge on any atom is -0.506 e. The molecule has 9 nitrogen and oxygen atoms in total. The van der Waals surface area contributed by atoms with Crippen LogP contribution in [0, 0.1) is 0 Å². The summed E-state index contributed by atoms with van der Waals surface area (Å²) in [6.07, 6.45) is -1.18. The highest BCUT2D eigenvalue weighted by Gasteiger charge is 2.40. The number of ether oxygens (including phenoxy) is 1. The number of halogens is 3. The fraction of sp³-hybridized carbons (Fsp3) is 0.222. The lowest BCUT2D eigenvalue weighted by molar-refractivity contribution is 0.0972. The number of phenols is 2. The molecular weight excluding hydrogens is 632 g/mol. The molecule has 0 unspecified atom stereocenters. The number of benzene rings is 2. The third kappa shape index (κ3) is 4.14. The van der Waals surface area contributed by atoms with Gasteiger partial charge in [-0.15, -0.1) is 0 Å². The van der Waals surface area contributed by atoms with E-state index in [2.05, 4.69) is 52.0 Å². The first-order valence-corrected chi connectivity index (χ1v) is 12.1. The maximum Gasteiger partial charge on any atom is 0.397 e. The van der Waals surface area contributed by atoms with Crippen molar-refractivity contribution in [2.75, 3.05) is 7.11 Å². The molecule has 0 aromatic heterocycles. The van der Waals surface area contributed by atoms with Gasteiger partial charge in [-0.05, 0) is 66.3 Å². The second kappa shape index (κ2) is 8.45. The molecule has 3 rings (SSSR count). The van der Waals surface area contributed by atoms with E-state index < -0.39 is 33.8 Å². The van der Waals surface area contributed by atoms with Crippen molar-refractivity contribution < 1.29 is 41.7 Å². The van der Waals surface area contributed by atoms with Crippen molar-refractivity contribution in [2.45, 2.75) is 19.4 Å². The molecule has 0 bridgehead atoms. The molecule has 13 heteroatoms. The van der Waals surface area contributed by atoms with Crippen molar-refractivity contribution in [1.29, 1.82) is 0 Å². The van der Waals surface area contributed by atoms with Gasteiger partial charge in [0.25, 0.3) is 0 Å². The highest BCUT2D eigenvalue weighted by atomic mass is 79.9. The van der Waals surface area contributed by atoms with Gasteiger partial charge in [-0.2, -0.15) is 8.42 Å². The summed E-state index contributed by atoms with van der Waals surface area (Å²) in [7, 11) is -3.46. The number of aromatic hydroxyl groups is 2. The first-order valence-electron chi connectivity index (χ1n) is 8.37. The van der Waals surface area contributed by atoms with Crippen LogP contribution in [0.5, 0.6) is 17.2 Å². The van der Waals surface area contributed by atoms with Crippen LogP contribution in [0.3, 0.4) is 0 Å². The Labute approximate surface area is 201 Å². The van der Waals surface area contributed by atoms with E-state index in [0.717, 1.165) is 0 Å². The molecule has 2 aromatic carbocycles. The molecule has 0 spiro atoms. The van der Waals surface area contributed by atoms with Gasteiger partial charge in [-0.1, -0.05) is 0 Å². The molecule has 0 heterocycles. The van der Waals surface area contributed by atoms with Gasteiger partial charge >= 0.3 is 10.4 Å². The van der Waals surface area contributed by atoms with Crippen molar-refractivity contribution in [3.63, 3.8) is 0 Å². The van der Waals surface area contributed by atoms with Crippen LogP contribution in [0.2, 0.25) is 0 Å². The second-order valence-corrected chi connectivity index (χ2v) is 10.0. The number of hydrogen-bond donors (Lipinski definition) is 3. The van der Waals surface area contributed by atoms with Crippen LogP contribution in [0.25, 0.3) is 0 Å². The van der Waals surface area contributed by atoms with E-state index in [9.17, 15) is 28.2 Å². The van der Waals surface area contributed by atoms with E-state index in [-0.39, 0.29) is 59.2 Å². The average Bonchev–Trinajstić information content (AvgIpc) is 2.66. The predicted molar refractivity (Wildman–Crippen MR) is 119 cm³/mol. The number of carbonyl (C=O) groups excluding carboxylic acids is 2. The molecule has 0 saturated heterocycles. The Morgan fingerprint density at radius 3 is 2.13 bits per heavy atom. The van der Waals surface area contributed by atoms with Gasteiger partial charge in [0.15, 0.2) is 5.78 Å². The standard InChI is InChI=1S/C18H13Br3O9S/c1-5(30-31(26,27)28)3-6-4-7-8(16(24)11(6)19)15(23)10-9(14(7)22)12(20)17(25)13(21)18(10)29-2/h4-5,24-25H,3H2,1-2H3,(H,26,27,28)/t5-/m0/s1. The van der Waals surface area contributed by atoms with Crippen molar-refractivity contribution in [3.05, 3.63) is 47.3 Å². The van der Waals surface area contributed by atoms with Gasteiger partial charge in [-0.3, -0.25) is 14.1 Å². The summed E-state index contributed by atoms with van der Waals surface area (Å²) >= 11 is 9.42. The van der Waals surface area contributed by atoms with E-state index in [1.54, 1.807) is 0 Å². The van der Waals surface area contributed by atoms with Gasteiger partial charge in [0.1, 0.15) is 21.7 Å². The summed E-state index contributed by atoms with van der Waals surface area (Å²) in [6.45, 7) is 1.36. The Morgan fingerprint density at radius 1 is 0.968 bits per heavy atom. The number of methoxy groups -OCH3 is 1. The first kappa shape index (κ1) is 24.1. The number of ketones is 2. The molecule has 0 aliphatic heterocycles. The largest absolute Gasteiger partial charge is 0.506 e. The lowest BCUT2D eigenvalue weighted by Crippen LogP contribution is -2.24. The van der Waals surface area contributed by atoms with Crippen LogP contribution in [0.15, 0.2) is 19.5 Å². The van der Waals surface area contributed by atoms with Gasteiger partial charge in [0.05, 0.1) is 38.8 Å². The first-order chi connectivity index (χ1) is 14.3. The van der Waals surface area contributed by atoms with Crippen molar-refractivity contribution in [1.82, 2.24) is 0 Å². The Kier molecular flexibility index (Phi) is 6.58. The number of phenolic OH excluding ortho intramolecular Hbond substituents is 2. The Bertz CT molecular complexity index is 1260. The minimum atomic E-state index is -4.72. The molecule has 166 valence electrons. The average molecular weight is 645 g/mol. The van der Waals surface area contributed by atoms with E-state index in [1.807, 2.05) is 0 Å². The van der Waals surface area contributed by atoms with Crippen LogP contribution in [0.1, 0.15) is 44.3 Å². The topological polar surface area (TPSA) is 147 Å². The quantitative estimate of drug-likeness (QED) is 0.352. The molecule has 0 amide bonds. The minimum absolute atomic E-state index is 0.0359. The second-order valence-electron chi connectivity index (χ2n) is 6.58. The summed E-state index contributed by atoms with van der Waals surface area (Å²) in [5, 5.41) is 21.0. The Hall–Kier alpha value is -1.51. The molecule has 1 atom stereocenters. The molecule has 1 aliphatic rings. The predicted octanol–water partition coefficient (Wildman–Crippen LogP) is 3.92. The van der Waals surface area contributed by atoms with Crippen LogP contribution in [-0.4, -0.2) is 48.0 Å².